The number of aromatic nitrogens is 2. The number of benzene rings is 1. The van der Waals surface area contributed by atoms with Crippen molar-refractivity contribution in [1.29, 1.82) is 0 Å². The van der Waals surface area contributed by atoms with Crippen molar-refractivity contribution in [3.05, 3.63) is 48.3 Å². The van der Waals surface area contributed by atoms with Crippen LogP contribution in [0.4, 0.5) is 4.79 Å². The first kappa shape index (κ1) is 20.4. The summed E-state index contributed by atoms with van der Waals surface area (Å²) in [6, 6.07) is 10.5. The minimum Gasteiger partial charge on any atom is -0.338 e. The van der Waals surface area contributed by atoms with Crippen molar-refractivity contribution < 1.29 is 4.79 Å². The van der Waals surface area contributed by atoms with E-state index < -0.39 is 0 Å². The van der Waals surface area contributed by atoms with E-state index >= 15 is 0 Å². The Morgan fingerprint density at radius 1 is 1.21 bits per heavy atom. The van der Waals surface area contributed by atoms with Gasteiger partial charge in [-0.25, -0.2) is 9.48 Å². The van der Waals surface area contributed by atoms with E-state index in [2.05, 4.69) is 34.2 Å². The molecule has 0 aliphatic carbocycles. The zero-order chi connectivity index (χ0) is 19.9. The summed E-state index contributed by atoms with van der Waals surface area (Å²) in [5.41, 5.74) is 2.11. The van der Waals surface area contributed by atoms with Crippen LogP contribution in [0.3, 0.4) is 0 Å². The third-order valence-electron chi connectivity index (χ3n) is 5.47. The molecule has 0 bridgehead atoms. The summed E-state index contributed by atoms with van der Waals surface area (Å²) in [7, 11) is 4.00. The van der Waals surface area contributed by atoms with Gasteiger partial charge in [-0.3, -0.25) is 4.90 Å². The van der Waals surface area contributed by atoms with E-state index in [0.29, 0.717) is 19.1 Å². The molecule has 2 amide bonds. The van der Waals surface area contributed by atoms with Gasteiger partial charge in [0.15, 0.2) is 0 Å². The van der Waals surface area contributed by atoms with E-state index in [1.807, 2.05) is 48.3 Å². The van der Waals surface area contributed by atoms with Gasteiger partial charge in [0.1, 0.15) is 0 Å². The van der Waals surface area contributed by atoms with Crippen molar-refractivity contribution in [2.45, 2.75) is 25.9 Å². The summed E-state index contributed by atoms with van der Waals surface area (Å²) in [4.78, 5) is 19.0. The van der Waals surface area contributed by atoms with Crippen LogP contribution >= 0.6 is 0 Å². The van der Waals surface area contributed by atoms with Crippen LogP contribution in [0.25, 0.3) is 5.69 Å². The van der Waals surface area contributed by atoms with Crippen molar-refractivity contribution in [3.8, 4) is 5.69 Å². The van der Waals surface area contributed by atoms with Gasteiger partial charge in [-0.1, -0.05) is 12.1 Å². The lowest BCUT2D eigenvalue weighted by Crippen LogP contribution is -2.49. The molecule has 1 atom stereocenters. The summed E-state index contributed by atoms with van der Waals surface area (Å²) in [5, 5.41) is 7.28. The number of hydrogen-bond donors (Lipinski definition) is 1. The number of piperazine rings is 1. The highest BCUT2D eigenvalue weighted by atomic mass is 16.2. The molecule has 2 heterocycles. The minimum absolute atomic E-state index is 0.0262. The van der Waals surface area contributed by atoms with E-state index in [9.17, 15) is 4.79 Å². The van der Waals surface area contributed by atoms with Crippen molar-refractivity contribution in [2.24, 2.45) is 0 Å². The average molecular weight is 385 g/mol. The molecule has 1 aromatic heterocycles. The van der Waals surface area contributed by atoms with Crippen LogP contribution in [0, 0.1) is 0 Å². The molecular weight excluding hydrogens is 352 g/mol. The summed E-state index contributed by atoms with van der Waals surface area (Å²) in [6.07, 6.45) is 4.65. The van der Waals surface area contributed by atoms with E-state index in [1.54, 1.807) is 11.1 Å². The third kappa shape index (κ3) is 5.56. The van der Waals surface area contributed by atoms with E-state index in [1.165, 1.54) is 0 Å². The fourth-order valence-corrected chi connectivity index (χ4v) is 3.49. The number of likely N-dealkylation sites (N-methyl/N-ethyl adjacent to an activating group) is 1. The molecule has 1 fully saturated rings. The summed E-state index contributed by atoms with van der Waals surface area (Å²) in [5.74, 6) is 0. The second-order valence-corrected chi connectivity index (χ2v) is 7.68. The zero-order valence-corrected chi connectivity index (χ0v) is 17.2. The molecule has 0 radical (unpaired) electrons. The van der Waals surface area contributed by atoms with Gasteiger partial charge >= 0.3 is 6.03 Å². The topological polar surface area (TPSA) is 56.6 Å². The van der Waals surface area contributed by atoms with Crippen LogP contribution < -0.4 is 5.32 Å². The van der Waals surface area contributed by atoms with E-state index in [0.717, 1.165) is 43.9 Å². The molecule has 0 saturated carbocycles. The van der Waals surface area contributed by atoms with Gasteiger partial charge in [-0.05, 0) is 44.2 Å². The molecular formula is C21H32N6O. The Morgan fingerprint density at radius 2 is 1.93 bits per heavy atom. The molecule has 1 aliphatic heterocycles. The fraction of sp³-hybridized carbons (Fsp3) is 0.524. The molecule has 28 heavy (non-hydrogen) atoms. The Labute approximate surface area is 167 Å². The SMILES string of the molecule is C[C@H](CCNC(=O)N(C)Cc1ccc(-n2cccn2)cc1)N1CCN(C)CC1. The molecule has 7 heteroatoms. The van der Waals surface area contributed by atoms with E-state index in [-0.39, 0.29) is 6.03 Å². The number of carbonyl (C=O) groups excluding carboxylic acids is 1. The number of rotatable bonds is 7. The molecule has 0 spiro atoms. The monoisotopic (exact) mass is 384 g/mol. The maximum absolute atomic E-state index is 12.4. The molecule has 152 valence electrons. The Kier molecular flexibility index (Phi) is 7.06. The minimum atomic E-state index is -0.0262. The van der Waals surface area contributed by atoms with Crippen LogP contribution in [0.2, 0.25) is 0 Å². The van der Waals surface area contributed by atoms with Crippen molar-refractivity contribution in [2.75, 3.05) is 46.8 Å². The largest absolute Gasteiger partial charge is 0.338 e. The normalized spacial score (nSPS) is 16.7. The summed E-state index contributed by atoms with van der Waals surface area (Å²) in [6.45, 7) is 8.01. The molecule has 7 nitrogen and oxygen atoms in total. The Hall–Kier alpha value is -2.38. The van der Waals surface area contributed by atoms with Crippen molar-refractivity contribution >= 4 is 6.03 Å². The van der Waals surface area contributed by atoms with Crippen LogP contribution in [0.15, 0.2) is 42.7 Å². The van der Waals surface area contributed by atoms with Gasteiger partial charge in [0.25, 0.3) is 0 Å². The van der Waals surface area contributed by atoms with Gasteiger partial charge in [-0.2, -0.15) is 5.10 Å². The first-order valence-corrected chi connectivity index (χ1v) is 10.0. The molecule has 1 N–H and O–H groups in total. The first-order chi connectivity index (χ1) is 13.5. The fourth-order valence-electron chi connectivity index (χ4n) is 3.49. The maximum Gasteiger partial charge on any atom is 0.317 e. The lowest BCUT2D eigenvalue weighted by atomic mass is 10.1. The zero-order valence-electron chi connectivity index (χ0n) is 17.2. The van der Waals surface area contributed by atoms with Gasteiger partial charge in [0.05, 0.1) is 5.69 Å². The van der Waals surface area contributed by atoms with Crippen LogP contribution in [0.5, 0.6) is 0 Å². The number of urea groups is 1. The third-order valence-corrected chi connectivity index (χ3v) is 5.47. The number of nitrogens with zero attached hydrogens (tertiary/aromatic N) is 5. The van der Waals surface area contributed by atoms with E-state index in [4.69, 9.17) is 0 Å². The quantitative estimate of drug-likeness (QED) is 0.794. The second-order valence-electron chi connectivity index (χ2n) is 7.68. The average Bonchev–Trinajstić information content (AvgIpc) is 3.23. The number of carbonyl (C=O) groups is 1. The summed E-state index contributed by atoms with van der Waals surface area (Å²) >= 11 is 0. The highest BCUT2D eigenvalue weighted by molar-refractivity contribution is 5.73. The van der Waals surface area contributed by atoms with Crippen molar-refractivity contribution in [1.82, 2.24) is 29.8 Å². The molecule has 3 rings (SSSR count). The lowest BCUT2D eigenvalue weighted by molar-refractivity contribution is 0.114. The Morgan fingerprint density at radius 3 is 2.57 bits per heavy atom. The predicted molar refractivity (Wildman–Crippen MR) is 112 cm³/mol. The molecule has 1 aromatic carbocycles. The number of amides is 2. The molecule has 0 unspecified atom stereocenters. The van der Waals surface area contributed by atoms with Crippen LogP contribution in [0.1, 0.15) is 18.9 Å². The Bertz CT molecular complexity index is 722. The maximum atomic E-state index is 12.4. The van der Waals surface area contributed by atoms with Crippen molar-refractivity contribution in [3.63, 3.8) is 0 Å². The molecule has 1 saturated heterocycles. The van der Waals surface area contributed by atoms with Crippen LogP contribution in [-0.4, -0.2) is 83.4 Å². The summed E-state index contributed by atoms with van der Waals surface area (Å²) < 4.78 is 1.82. The van der Waals surface area contributed by atoms with Gasteiger partial charge < -0.3 is 15.1 Å². The smallest absolute Gasteiger partial charge is 0.317 e. The highest BCUT2D eigenvalue weighted by Crippen LogP contribution is 2.11. The molecule has 2 aromatic rings. The predicted octanol–water partition coefficient (Wildman–Crippen LogP) is 2.04. The highest BCUT2D eigenvalue weighted by Gasteiger charge is 2.19. The van der Waals surface area contributed by atoms with Gasteiger partial charge in [0.2, 0.25) is 0 Å². The van der Waals surface area contributed by atoms with Crippen LogP contribution in [-0.2, 0) is 6.54 Å². The Balaban J connectivity index is 1.39. The standard InChI is InChI=1S/C21H32N6O/c1-18(26-15-13-24(2)14-16-26)9-11-22-21(28)25(3)17-19-5-7-20(8-6-19)27-12-4-10-23-27/h4-8,10,12,18H,9,11,13-17H2,1-3H3,(H,22,28)/t18-/m1/s1. The van der Waals surface area contributed by atoms with Gasteiger partial charge in [-0.15, -0.1) is 0 Å². The lowest BCUT2D eigenvalue weighted by Gasteiger charge is -2.36. The second kappa shape index (κ2) is 9.71. The number of hydrogen-bond acceptors (Lipinski definition) is 4. The van der Waals surface area contributed by atoms with Gasteiger partial charge in [0, 0.05) is 64.8 Å². The molecule has 1 aliphatic rings. The number of nitrogens with one attached hydrogen (secondary N) is 1. The first-order valence-electron chi connectivity index (χ1n) is 10.0.